The summed E-state index contributed by atoms with van der Waals surface area (Å²) in [6, 6.07) is 3.43. The zero-order valence-corrected chi connectivity index (χ0v) is 10.5. The molecule has 0 radical (unpaired) electrons. The minimum atomic E-state index is -0.523. The van der Waals surface area contributed by atoms with Gasteiger partial charge in [-0.3, -0.25) is 4.79 Å². The normalized spacial score (nSPS) is 17.1. The van der Waals surface area contributed by atoms with Crippen molar-refractivity contribution in [3.05, 3.63) is 23.3 Å². The van der Waals surface area contributed by atoms with Gasteiger partial charge < -0.3 is 14.2 Å². The van der Waals surface area contributed by atoms with Crippen LogP contribution in [0.1, 0.15) is 35.4 Å². The van der Waals surface area contributed by atoms with E-state index < -0.39 is 12.1 Å². The number of hydrogen-bond donors (Lipinski definition) is 0. The van der Waals surface area contributed by atoms with Crippen molar-refractivity contribution in [1.29, 1.82) is 0 Å². The summed E-state index contributed by atoms with van der Waals surface area (Å²) in [5.74, 6) is 0.310. The van der Waals surface area contributed by atoms with Crippen LogP contribution in [0, 0.1) is 0 Å². The van der Waals surface area contributed by atoms with E-state index in [-0.39, 0.29) is 12.2 Å². The van der Waals surface area contributed by atoms with Crippen LogP contribution >= 0.6 is 0 Å². The third kappa shape index (κ3) is 1.92. The van der Waals surface area contributed by atoms with E-state index in [2.05, 4.69) is 0 Å². The molecule has 1 aromatic rings. The van der Waals surface area contributed by atoms with Crippen LogP contribution in [0.3, 0.4) is 0 Å². The molecule has 0 aromatic heterocycles. The number of ketones is 1. The third-order valence-electron chi connectivity index (χ3n) is 2.85. The van der Waals surface area contributed by atoms with Crippen LogP contribution < -0.4 is 9.47 Å². The standard InChI is InChI=1S/C13H14O5/c1-7(14)6-10-8-4-5-9(16-2)12(17-3)11(8)13(15)18-10/h4-5,10H,6H2,1-3H3/t10-/m0/s1. The van der Waals surface area contributed by atoms with Crippen LogP contribution in [0.2, 0.25) is 0 Å². The molecular weight excluding hydrogens is 236 g/mol. The molecule has 1 atom stereocenters. The molecule has 0 bridgehead atoms. The van der Waals surface area contributed by atoms with Crippen molar-refractivity contribution in [2.24, 2.45) is 0 Å². The van der Waals surface area contributed by atoms with Gasteiger partial charge in [-0.1, -0.05) is 6.07 Å². The zero-order chi connectivity index (χ0) is 13.3. The largest absolute Gasteiger partial charge is 0.493 e. The second-order valence-electron chi connectivity index (χ2n) is 4.07. The van der Waals surface area contributed by atoms with Crippen LogP contribution in [-0.2, 0) is 9.53 Å². The van der Waals surface area contributed by atoms with E-state index in [9.17, 15) is 9.59 Å². The molecule has 0 N–H and O–H groups in total. The number of Topliss-reactive ketones (excluding diaryl/α,β-unsaturated/α-hetero) is 1. The Labute approximate surface area is 105 Å². The molecule has 0 saturated heterocycles. The van der Waals surface area contributed by atoms with Crippen molar-refractivity contribution in [3.63, 3.8) is 0 Å². The minimum absolute atomic E-state index is 0.0320. The lowest BCUT2D eigenvalue weighted by molar-refractivity contribution is -0.118. The first kappa shape index (κ1) is 12.4. The van der Waals surface area contributed by atoms with Crippen LogP contribution in [0.15, 0.2) is 12.1 Å². The third-order valence-corrected chi connectivity index (χ3v) is 2.85. The topological polar surface area (TPSA) is 61.8 Å². The number of carbonyl (C=O) groups is 2. The molecule has 18 heavy (non-hydrogen) atoms. The fraction of sp³-hybridized carbons (Fsp3) is 0.385. The highest BCUT2D eigenvalue weighted by atomic mass is 16.6. The first-order valence-electron chi connectivity index (χ1n) is 5.53. The number of fused-ring (bicyclic) bond motifs is 1. The van der Waals surface area contributed by atoms with Gasteiger partial charge in [-0.2, -0.15) is 0 Å². The molecule has 1 aromatic carbocycles. The van der Waals surface area contributed by atoms with E-state index in [1.165, 1.54) is 21.1 Å². The van der Waals surface area contributed by atoms with Gasteiger partial charge in [0, 0.05) is 12.0 Å². The average molecular weight is 250 g/mol. The fourth-order valence-electron chi connectivity index (χ4n) is 2.09. The van der Waals surface area contributed by atoms with Gasteiger partial charge in [0.25, 0.3) is 0 Å². The Morgan fingerprint density at radius 2 is 2.06 bits per heavy atom. The molecule has 0 aliphatic carbocycles. The van der Waals surface area contributed by atoms with Crippen molar-refractivity contribution >= 4 is 11.8 Å². The Morgan fingerprint density at radius 1 is 1.33 bits per heavy atom. The summed E-state index contributed by atoms with van der Waals surface area (Å²) in [5, 5.41) is 0. The second kappa shape index (κ2) is 4.68. The summed E-state index contributed by atoms with van der Waals surface area (Å²) < 4.78 is 15.5. The Balaban J connectivity index is 2.50. The molecular formula is C13H14O5. The minimum Gasteiger partial charge on any atom is -0.493 e. The number of rotatable bonds is 4. The van der Waals surface area contributed by atoms with Crippen molar-refractivity contribution in [2.45, 2.75) is 19.4 Å². The molecule has 0 saturated carbocycles. The van der Waals surface area contributed by atoms with E-state index in [4.69, 9.17) is 14.2 Å². The van der Waals surface area contributed by atoms with Crippen LogP contribution in [0.4, 0.5) is 0 Å². The van der Waals surface area contributed by atoms with Crippen molar-refractivity contribution in [3.8, 4) is 11.5 Å². The molecule has 0 amide bonds. The second-order valence-corrected chi connectivity index (χ2v) is 4.07. The van der Waals surface area contributed by atoms with E-state index in [0.29, 0.717) is 22.6 Å². The predicted octanol–water partition coefficient (Wildman–Crippen LogP) is 1.89. The maximum atomic E-state index is 11.8. The van der Waals surface area contributed by atoms with E-state index >= 15 is 0 Å². The average Bonchev–Trinajstić information content (AvgIpc) is 2.64. The van der Waals surface area contributed by atoms with E-state index in [0.717, 1.165) is 0 Å². The first-order valence-corrected chi connectivity index (χ1v) is 5.53. The Morgan fingerprint density at radius 3 is 2.61 bits per heavy atom. The van der Waals surface area contributed by atoms with Gasteiger partial charge in [-0.15, -0.1) is 0 Å². The lowest BCUT2D eigenvalue weighted by atomic mass is 10.0. The number of ether oxygens (including phenoxy) is 3. The van der Waals surface area contributed by atoms with Crippen molar-refractivity contribution in [2.75, 3.05) is 14.2 Å². The molecule has 2 rings (SSSR count). The Kier molecular flexibility index (Phi) is 3.23. The van der Waals surface area contributed by atoms with Crippen LogP contribution in [0.5, 0.6) is 11.5 Å². The molecule has 0 fully saturated rings. The summed E-state index contributed by atoms with van der Waals surface area (Å²) in [5.41, 5.74) is 1.02. The molecule has 1 aliphatic heterocycles. The molecule has 1 aliphatic rings. The first-order chi connectivity index (χ1) is 8.58. The van der Waals surface area contributed by atoms with Gasteiger partial charge >= 0.3 is 5.97 Å². The maximum absolute atomic E-state index is 11.8. The smallest absolute Gasteiger partial charge is 0.343 e. The fourth-order valence-corrected chi connectivity index (χ4v) is 2.09. The summed E-state index contributed by atoms with van der Waals surface area (Å²) in [7, 11) is 2.96. The van der Waals surface area contributed by atoms with Crippen molar-refractivity contribution < 1.29 is 23.8 Å². The van der Waals surface area contributed by atoms with Gasteiger partial charge in [0.1, 0.15) is 17.5 Å². The van der Waals surface area contributed by atoms with Crippen LogP contribution in [-0.4, -0.2) is 26.0 Å². The molecule has 0 spiro atoms. The number of esters is 1. The van der Waals surface area contributed by atoms with E-state index in [1.807, 2.05) is 0 Å². The van der Waals surface area contributed by atoms with Crippen LogP contribution in [0.25, 0.3) is 0 Å². The molecule has 96 valence electrons. The van der Waals surface area contributed by atoms with Gasteiger partial charge in [-0.25, -0.2) is 4.79 Å². The van der Waals surface area contributed by atoms with Gasteiger partial charge in [0.05, 0.1) is 14.2 Å². The number of carbonyl (C=O) groups excluding carboxylic acids is 2. The summed E-state index contributed by atoms with van der Waals surface area (Å²) in [6.07, 6.45) is -0.349. The lowest BCUT2D eigenvalue weighted by Gasteiger charge is -2.11. The van der Waals surface area contributed by atoms with Gasteiger partial charge in [-0.05, 0) is 13.0 Å². The summed E-state index contributed by atoms with van der Waals surface area (Å²) in [6.45, 7) is 1.46. The summed E-state index contributed by atoms with van der Waals surface area (Å²) in [4.78, 5) is 23.0. The molecule has 0 unspecified atom stereocenters. The quantitative estimate of drug-likeness (QED) is 0.764. The van der Waals surface area contributed by atoms with E-state index in [1.54, 1.807) is 12.1 Å². The highest BCUT2D eigenvalue weighted by Crippen LogP contribution is 2.42. The lowest BCUT2D eigenvalue weighted by Crippen LogP contribution is -2.03. The number of methoxy groups -OCH3 is 2. The number of hydrogen-bond acceptors (Lipinski definition) is 5. The highest BCUT2D eigenvalue weighted by molar-refractivity contribution is 5.98. The Bertz CT molecular complexity index is 506. The van der Waals surface area contributed by atoms with Gasteiger partial charge in [0.2, 0.25) is 0 Å². The predicted molar refractivity (Wildman–Crippen MR) is 63.0 cm³/mol. The number of cyclic esters (lactones) is 1. The SMILES string of the molecule is COc1ccc2c(c1OC)C(=O)O[C@H]2CC(C)=O. The van der Waals surface area contributed by atoms with Gasteiger partial charge in [0.15, 0.2) is 11.5 Å². The molecule has 1 heterocycles. The monoisotopic (exact) mass is 250 g/mol. The molecule has 5 nitrogen and oxygen atoms in total. The van der Waals surface area contributed by atoms with Crippen molar-refractivity contribution in [1.82, 2.24) is 0 Å². The number of benzene rings is 1. The zero-order valence-electron chi connectivity index (χ0n) is 10.5. The molecule has 5 heteroatoms. The highest BCUT2D eigenvalue weighted by Gasteiger charge is 2.36. The Hall–Kier alpha value is -2.04. The maximum Gasteiger partial charge on any atom is 0.343 e. The summed E-state index contributed by atoms with van der Waals surface area (Å²) >= 11 is 0.